The second kappa shape index (κ2) is 40.8. The smallest absolute Gasteiger partial charge is 0.242 e. The van der Waals surface area contributed by atoms with Crippen LogP contribution in [-0.4, -0.2) is 217 Å². The lowest BCUT2D eigenvalue weighted by Gasteiger charge is -2.33. The lowest BCUT2D eigenvalue weighted by Crippen LogP contribution is -2.52. The number of hydrogen-bond acceptors (Lipinski definition) is 14. The Morgan fingerprint density at radius 3 is 0.771 bits per heavy atom. The van der Waals surface area contributed by atoms with Gasteiger partial charge in [-0.05, 0) is 114 Å². The molecule has 0 saturated heterocycles. The van der Waals surface area contributed by atoms with Gasteiger partial charge in [-0.2, -0.15) is 0 Å². The van der Waals surface area contributed by atoms with Crippen LogP contribution in [-0.2, 0) is 62.8 Å². The Bertz CT molecular complexity index is 2420. The highest BCUT2D eigenvalue weighted by Gasteiger charge is 2.31. The minimum absolute atomic E-state index is 0.0203. The van der Waals surface area contributed by atoms with Crippen LogP contribution in [0.4, 0.5) is 0 Å². The molecule has 0 spiro atoms. The number of nitrogens with zero attached hydrogens (tertiary/aromatic N) is 8. The van der Waals surface area contributed by atoms with Crippen molar-refractivity contribution in [2.75, 3.05) is 125 Å². The summed E-state index contributed by atoms with van der Waals surface area (Å²) in [7, 11) is 1.47. The van der Waals surface area contributed by atoms with Crippen LogP contribution in [0, 0.1) is 0 Å². The Balaban J connectivity index is 1.96. The number of nitrogens with two attached hydrogens (primary N) is 5. The maximum Gasteiger partial charge on any atom is 0.242 e. The van der Waals surface area contributed by atoms with E-state index < -0.39 is 80.0 Å². The zero-order chi connectivity index (χ0) is 60.8. The molecule has 3 aromatic carbocycles. The molecule has 0 aliphatic rings. The minimum Gasteiger partial charge on any atom is -0.358 e. The summed E-state index contributed by atoms with van der Waals surface area (Å²) in [6.45, 7) is 0.878. The van der Waals surface area contributed by atoms with Crippen molar-refractivity contribution in [1.82, 2.24) is 44.5 Å². The molecule has 3 rings (SSSR count). The van der Waals surface area contributed by atoms with Crippen LogP contribution in [0.1, 0.15) is 87.8 Å². The van der Waals surface area contributed by atoms with Crippen molar-refractivity contribution in [2.45, 2.75) is 90.8 Å². The fourth-order valence-corrected chi connectivity index (χ4v) is 8.95. The van der Waals surface area contributed by atoms with Gasteiger partial charge in [-0.3, -0.25) is 43.2 Å². The molecule has 458 valence electrons. The number of rotatable bonds is 42. The number of benzene rings is 3. The maximum absolute atomic E-state index is 14.8. The zero-order valence-electron chi connectivity index (χ0n) is 49.2. The third-order valence-electron chi connectivity index (χ3n) is 13.9. The van der Waals surface area contributed by atoms with Gasteiger partial charge < -0.3 is 73.2 Å². The molecular weight excluding hydrogens is 1060 g/mol. The van der Waals surface area contributed by atoms with E-state index in [0.29, 0.717) is 109 Å². The van der Waals surface area contributed by atoms with E-state index in [9.17, 15) is 43.2 Å². The summed E-state index contributed by atoms with van der Waals surface area (Å²) in [6, 6.07) is 27.3. The first-order chi connectivity index (χ1) is 40.1. The molecule has 0 heterocycles. The Morgan fingerprint density at radius 1 is 0.313 bits per heavy atom. The van der Waals surface area contributed by atoms with Gasteiger partial charge in [0.2, 0.25) is 53.2 Å². The highest BCUT2D eigenvalue weighted by molar-refractivity contribution is 5.93. The summed E-state index contributed by atoms with van der Waals surface area (Å²) in [6.07, 6.45) is 5.12. The Kier molecular flexibility index (Phi) is 34.4. The summed E-state index contributed by atoms with van der Waals surface area (Å²) in [5.74, 6) is -4.38. The van der Waals surface area contributed by atoms with Crippen molar-refractivity contribution in [1.29, 1.82) is 0 Å². The molecule has 0 aromatic heterocycles. The molecule has 9 amide bonds. The average molecular weight is 1160 g/mol. The lowest BCUT2D eigenvalue weighted by molar-refractivity contribution is -0.149. The average Bonchev–Trinajstić information content (AvgIpc) is 3.52. The summed E-state index contributed by atoms with van der Waals surface area (Å²) in [5, 5.41) is 2.56. The van der Waals surface area contributed by atoms with Crippen LogP contribution in [0.25, 0.3) is 0 Å². The van der Waals surface area contributed by atoms with Gasteiger partial charge >= 0.3 is 0 Å². The third kappa shape index (κ3) is 27.5. The van der Waals surface area contributed by atoms with Crippen molar-refractivity contribution >= 4 is 53.2 Å². The molecule has 23 nitrogen and oxygen atoms in total. The van der Waals surface area contributed by atoms with E-state index in [-0.39, 0.29) is 71.4 Å². The Morgan fingerprint density at radius 2 is 0.530 bits per heavy atom. The van der Waals surface area contributed by atoms with Gasteiger partial charge in [0.15, 0.2) is 0 Å². The molecule has 11 N–H and O–H groups in total. The van der Waals surface area contributed by atoms with Crippen molar-refractivity contribution in [3.63, 3.8) is 0 Å². The number of carbonyl (C=O) groups excluding carboxylic acids is 9. The number of likely N-dealkylation sites (N-methyl/N-ethyl adjacent to an activating group) is 1. The van der Waals surface area contributed by atoms with E-state index in [4.69, 9.17) is 28.7 Å². The first kappa shape index (κ1) is 70.0. The van der Waals surface area contributed by atoms with E-state index >= 15 is 0 Å². The molecule has 0 radical (unpaired) electrons. The molecule has 23 heteroatoms. The van der Waals surface area contributed by atoms with Crippen molar-refractivity contribution < 1.29 is 43.2 Å². The Hall–Kier alpha value is -7.31. The predicted octanol–water partition coefficient (Wildman–Crippen LogP) is 0.676. The standard InChI is InChI=1S/C60H94N14O9/c1-49(75)67(33-17-12-28-61)42-58(81)73(39-51-24-8-4-9-25-51)47-56(79)69(35-19-14-30-63)44-54(77)68(34-18-13-29-62)43-55(78)70(36-20-15-31-64)46-60(83)74(40-52-26-10-5-11-27-52)48-57(80)71(37-21-16-32-65)45-59(82)72(41-53(76)66-2)38-50-22-6-3-7-23-50/h3-11,22-27H,12-21,28-48,61-65H2,1-2H3,(H,66,76). The summed E-state index contributed by atoms with van der Waals surface area (Å²) < 4.78 is 0. The highest BCUT2D eigenvalue weighted by atomic mass is 16.2. The van der Waals surface area contributed by atoms with Crippen LogP contribution in [0.15, 0.2) is 91.0 Å². The SMILES string of the molecule is CNC(=O)CN(Cc1ccccc1)C(=O)CN(CCCCN)C(=O)CN(Cc1ccccc1)C(=O)CN(CCCCN)C(=O)CN(CCCCN)C(=O)CN(CCCCN)C(=O)CN(Cc1ccccc1)C(=O)CN(CCCCN)C(C)=O. The normalized spacial score (nSPS) is 10.8. The topological polar surface area (TPSA) is 322 Å². The second-order valence-corrected chi connectivity index (χ2v) is 20.6. The maximum atomic E-state index is 14.8. The number of hydrogen-bond donors (Lipinski definition) is 6. The quantitative estimate of drug-likeness (QED) is 0.0425. The minimum atomic E-state index is -0.573. The summed E-state index contributed by atoms with van der Waals surface area (Å²) in [5.41, 5.74) is 31.4. The lowest BCUT2D eigenvalue weighted by atomic mass is 10.2. The molecule has 0 saturated carbocycles. The van der Waals surface area contributed by atoms with E-state index in [0.717, 1.165) is 11.1 Å². The van der Waals surface area contributed by atoms with Crippen molar-refractivity contribution in [2.24, 2.45) is 28.7 Å². The molecule has 0 atom stereocenters. The summed E-state index contributed by atoms with van der Waals surface area (Å²) >= 11 is 0. The van der Waals surface area contributed by atoms with E-state index in [1.165, 1.54) is 53.2 Å². The van der Waals surface area contributed by atoms with Crippen LogP contribution >= 0.6 is 0 Å². The second-order valence-electron chi connectivity index (χ2n) is 20.6. The molecule has 3 aromatic rings. The van der Waals surface area contributed by atoms with Crippen LogP contribution < -0.4 is 34.0 Å². The van der Waals surface area contributed by atoms with Gasteiger partial charge in [-0.25, -0.2) is 0 Å². The number of amides is 9. The van der Waals surface area contributed by atoms with E-state index in [1.807, 2.05) is 66.7 Å². The van der Waals surface area contributed by atoms with Crippen LogP contribution in [0.3, 0.4) is 0 Å². The van der Waals surface area contributed by atoms with Gasteiger partial charge in [-0.15, -0.1) is 0 Å². The van der Waals surface area contributed by atoms with Crippen LogP contribution in [0.2, 0.25) is 0 Å². The van der Waals surface area contributed by atoms with E-state index in [1.54, 1.807) is 24.3 Å². The van der Waals surface area contributed by atoms with Crippen molar-refractivity contribution in [3.8, 4) is 0 Å². The third-order valence-corrected chi connectivity index (χ3v) is 13.9. The Labute approximate surface area is 491 Å². The molecule has 0 fully saturated rings. The van der Waals surface area contributed by atoms with Gasteiger partial charge in [0.25, 0.3) is 0 Å². The fraction of sp³-hybridized carbons (Fsp3) is 0.550. The number of carbonyl (C=O) groups is 9. The molecule has 83 heavy (non-hydrogen) atoms. The van der Waals surface area contributed by atoms with Gasteiger partial charge in [0.1, 0.15) is 13.1 Å². The molecule has 0 bridgehead atoms. The van der Waals surface area contributed by atoms with Gasteiger partial charge in [0.05, 0.1) is 39.3 Å². The predicted molar refractivity (Wildman–Crippen MR) is 320 cm³/mol. The first-order valence-corrected chi connectivity index (χ1v) is 29.1. The molecule has 0 aliphatic carbocycles. The van der Waals surface area contributed by atoms with Gasteiger partial charge in [-0.1, -0.05) is 91.0 Å². The number of nitrogens with one attached hydrogen (secondary N) is 1. The summed E-state index contributed by atoms with van der Waals surface area (Å²) in [4.78, 5) is 138. The molecule has 0 aliphatic heterocycles. The fourth-order valence-electron chi connectivity index (χ4n) is 8.95. The zero-order valence-corrected chi connectivity index (χ0v) is 49.2. The van der Waals surface area contributed by atoms with E-state index in [2.05, 4.69) is 5.32 Å². The number of unbranched alkanes of at least 4 members (excludes halogenated alkanes) is 5. The first-order valence-electron chi connectivity index (χ1n) is 29.1. The van der Waals surface area contributed by atoms with Crippen molar-refractivity contribution in [3.05, 3.63) is 108 Å². The monoisotopic (exact) mass is 1150 g/mol. The van der Waals surface area contributed by atoms with Gasteiger partial charge in [0, 0.05) is 66.3 Å². The largest absolute Gasteiger partial charge is 0.358 e. The highest BCUT2D eigenvalue weighted by Crippen LogP contribution is 2.14. The molecular formula is C60H94N14O9. The molecule has 0 unspecified atom stereocenters. The van der Waals surface area contributed by atoms with Crippen LogP contribution in [0.5, 0.6) is 0 Å².